The molecule has 0 aromatic heterocycles. The van der Waals surface area contributed by atoms with Gasteiger partial charge in [0.1, 0.15) is 0 Å². The number of hydrogen-bond donors (Lipinski definition) is 1. The Labute approximate surface area is 84.6 Å². The Balaban J connectivity index is 3.49. The van der Waals surface area contributed by atoms with Gasteiger partial charge in [0.25, 0.3) is 11.6 Å². The first-order valence-corrected chi connectivity index (χ1v) is 4.06. The molecular formula is C8H7ClN2O3. The van der Waals surface area contributed by atoms with Crippen LogP contribution in [-0.4, -0.2) is 10.8 Å². The molecule has 1 amide bonds. The zero-order valence-electron chi connectivity index (χ0n) is 7.28. The molecule has 74 valence electrons. The molecule has 0 fully saturated rings. The molecule has 0 saturated carbocycles. The highest BCUT2D eigenvalue weighted by Gasteiger charge is 2.19. The Morgan fingerprint density at radius 1 is 1.57 bits per heavy atom. The maximum Gasteiger partial charge on any atom is 0.273 e. The van der Waals surface area contributed by atoms with E-state index in [4.69, 9.17) is 17.3 Å². The molecule has 0 aliphatic carbocycles. The topological polar surface area (TPSA) is 86.2 Å². The lowest BCUT2D eigenvalue weighted by Crippen LogP contribution is -2.14. The lowest BCUT2D eigenvalue weighted by molar-refractivity contribution is -0.385. The van der Waals surface area contributed by atoms with Crippen molar-refractivity contribution in [2.75, 3.05) is 0 Å². The van der Waals surface area contributed by atoms with Crippen molar-refractivity contribution in [3.63, 3.8) is 0 Å². The van der Waals surface area contributed by atoms with E-state index in [2.05, 4.69) is 0 Å². The van der Waals surface area contributed by atoms with Gasteiger partial charge in [-0.15, -0.1) is 0 Å². The van der Waals surface area contributed by atoms with Crippen molar-refractivity contribution in [3.8, 4) is 0 Å². The summed E-state index contributed by atoms with van der Waals surface area (Å²) in [7, 11) is 0. The monoisotopic (exact) mass is 214 g/mol. The van der Waals surface area contributed by atoms with E-state index < -0.39 is 10.8 Å². The number of rotatable bonds is 2. The van der Waals surface area contributed by atoms with Crippen LogP contribution < -0.4 is 5.73 Å². The summed E-state index contributed by atoms with van der Waals surface area (Å²) in [6, 6.07) is 2.52. The van der Waals surface area contributed by atoms with Crippen LogP contribution in [0.5, 0.6) is 0 Å². The van der Waals surface area contributed by atoms with E-state index in [9.17, 15) is 14.9 Å². The number of hydrogen-bond acceptors (Lipinski definition) is 3. The summed E-state index contributed by atoms with van der Waals surface area (Å²) in [5.74, 6) is -0.767. The van der Waals surface area contributed by atoms with Crippen LogP contribution in [0.25, 0.3) is 0 Å². The first-order chi connectivity index (χ1) is 6.45. The van der Waals surface area contributed by atoms with E-state index in [0.29, 0.717) is 0 Å². The number of amides is 1. The zero-order chi connectivity index (χ0) is 10.9. The van der Waals surface area contributed by atoms with Crippen LogP contribution in [0, 0.1) is 17.0 Å². The van der Waals surface area contributed by atoms with Gasteiger partial charge in [-0.3, -0.25) is 14.9 Å². The normalized spacial score (nSPS) is 9.86. The zero-order valence-corrected chi connectivity index (χ0v) is 8.04. The second kappa shape index (κ2) is 3.63. The number of primary amides is 1. The van der Waals surface area contributed by atoms with Gasteiger partial charge in [-0.1, -0.05) is 11.6 Å². The Kier molecular flexibility index (Phi) is 2.71. The molecule has 0 unspecified atom stereocenters. The summed E-state index contributed by atoms with van der Waals surface area (Å²) in [6.45, 7) is 1.43. The van der Waals surface area contributed by atoms with Gasteiger partial charge >= 0.3 is 0 Å². The van der Waals surface area contributed by atoms with E-state index in [1.807, 2.05) is 0 Å². The van der Waals surface area contributed by atoms with Gasteiger partial charge in [0.15, 0.2) is 0 Å². The standard InChI is InChI=1S/C8H7ClN2O3/c1-4-6(11(13)14)3-2-5(9)7(4)8(10)12/h2-3H,1H3,(H2,10,12). The molecule has 0 saturated heterocycles. The maximum atomic E-state index is 10.9. The minimum Gasteiger partial charge on any atom is -0.366 e. The minimum absolute atomic E-state index is 0.000802. The summed E-state index contributed by atoms with van der Waals surface area (Å²) < 4.78 is 0. The molecule has 2 N–H and O–H groups in total. The highest BCUT2D eigenvalue weighted by molar-refractivity contribution is 6.34. The van der Waals surface area contributed by atoms with Crippen molar-refractivity contribution < 1.29 is 9.72 Å². The number of carbonyl (C=O) groups excluding carboxylic acids is 1. The highest BCUT2D eigenvalue weighted by atomic mass is 35.5. The van der Waals surface area contributed by atoms with Crippen molar-refractivity contribution >= 4 is 23.2 Å². The number of benzene rings is 1. The molecule has 0 radical (unpaired) electrons. The smallest absolute Gasteiger partial charge is 0.273 e. The lowest BCUT2D eigenvalue weighted by Gasteiger charge is -2.04. The fourth-order valence-electron chi connectivity index (χ4n) is 1.17. The van der Waals surface area contributed by atoms with E-state index in [1.54, 1.807) is 0 Å². The van der Waals surface area contributed by atoms with Gasteiger partial charge in [0.2, 0.25) is 0 Å². The lowest BCUT2D eigenvalue weighted by atomic mass is 10.1. The molecule has 1 rings (SSSR count). The largest absolute Gasteiger partial charge is 0.366 e. The Hall–Kier alpha value is -1.62. The average Bonchev–Trinajstić information content (AvgIpc) is 2.02. The second-order valence-electron chi connectivity index (χ2n) is 2.69. The van der Waals surface area contributed by atoms with Gasteiger partial charge < -0.3 is 5.73 Å². The van der Waals surface area contributed by atoms with Gasteiger partial charge in [-0.25, -0.2) is 0 Å². The second-order valence-corrected chi connectivity index (χ2v) is 3.10. The van der Waals surface area contributed by atoms with Crippen molar-refractivity contribution in [2.24, 2.45) is 5.73 Å². The molecule has 0 bridgehead atoms. The third-order valence-corrected chi connectivity index (χ3v) is 2.14. The van der Waals surface area contributed by atoms with E-state index in [-0.39, 0.29) is 21.8 Å². The summed E-state index contributed by atoms with van der Waals surface area (Å²) in [4.78, 5) is 20.9. The molecule has 0 aliphatic heterocycles. The summed E-state index contributed by atoms with van der Waals surface area (Å²) in [6.07, 6.45) is 0. The highest BCUT2D eigenvalue weighted by Crippen LogP contribution is 2.27. The molecule has 14 heavy (non-hydrogen) atoms. The number of halogens is 1. The molecule has 0 spiro atoms. The first-order valence-electron chi connectivity index (χ1n) is 3.68. The molecule has 0 atom stereocenters. The Bertz CT molecular complexity index is 417. The predicted octanol–water partition coefficient (Wildman–Crippen LogP) is 1.66. The Morgan fingerprint density at radius 3 is 2.57 bits per heavy atom. The number of nitrogens with zero attached hydrogens (tertiary/aromatic N) is 1. The summed E-state index contributed by atoms with van der Waals surface area (Å²) in [5.41, 5.74) is 5.07. The van der Waals surface area contributed by atoms with Gasteiger partial charge in [-0.2, -0.15) is 0 Å². The van der Waals surface area contributed by atoms with Crippen LogP contribution in [0.3, 0.4) is 0 Å². The molecule has 0 aliphatic rings. The summed E-state index contributed by atoms with van der Waals surface area (Å²) in [5, 5.41) is 10.6. The molecule has 1 aromatic carbocycles. The quantitative estimate of drug-likeness (QED) is 0.600. The third kappa shape index (κ3) is 1.67. The van der Waals surface area contributed by atoms with E-state index >= 15 is 0 Å². The minimum atomic E-state index is -0.767. The number of nitro benzene ring substituents is 1. The first kappa shape index (κ1) is 10.5. The van der Waals surface area contributed by atoms with Gasteiger partial charge in [0.05, 0.1) is 15.5 Å². The summed E-state index contributed by atoms with van der Waals surface area (Å²) >= 11 is 5.68. The van der Waals surface area contributed by atoms with Crippen LogP contribution in [0.15, 0.2) is 12.1 Å². The predicted molar refractivity (Wildman–Crippen MR) is 51.4 cm³/mol. The molecular weight excluding hydrogens is 208 g/mol. The van der Waals surface area contributed by atoms with E-state index in [1.165, 1.54) is 19.1 Å². The van der Waals surface area contributed by atoms with Crippen LogP contribution in [-0.2, 0) is 0 Å². The number of nitrogens with two attached hydrogens (primary N) is 1. The van der Waals surface area contributed by atoms with Gasteiger partial charge in [-0.05, 0) is 13.0 Å². The fourth-order valence-corrected chi connectivity index (χ4v) is 1.47. The third-order valence-electron chi connectivity index (χ3n) is 1.83. The van der Waals surface area contributed by atoms with Gasteiger partial charge in [0, 0.05) is 11.6 Å². The van der Waals surface area contributed by atoms with Crippen molar-refractivity contribution in [1.29, 1.82) is 0 Å². The van der Waals surface area contributed by atoms with Crippen LogP contribution >= 0.6 is 11.6 Å². The van der Waals surface area contributed by atoms with Crippen LogP contribution in [0.4, 0.5) is 5.69 Å². The Morgan fingerprint density at radius 2 is 2.14 bits per heavy atom. The average molecular weight is 215 g/mol. The fraction of sp³-hybridized carbons (Fsp3) is 0.125. The van der Waals surface area contributed by atoms with Crippen molar-refractivity contribution in [3.05, 3.63) is 38.4 Å². The van der Waals surface area contributed by atoms with Crippen molar-refractivity contribution in [1.82, 2.24) is 0 Å². The maximum absolute atomic E-state index is 10.9. The van der Waals surface area contributed by atoms with E-state index in [0.717, 1.165) is 0 Å². The SMILES string of the molecule is Cc1c([N+](=O)[O-])ccc(Cl)c1C(N)=O. The molecule has 0 heterocycles. The van der Waals surface area contributed by atoms with Crippen LogP contribution in [0.2, 0.25) is 5.02 Å². The molecule has 5 nitrogen and oxygen atoms in total. The number of nitro groups is 1. The van der Waals surface area contributed by atoms with Crippen LogP contribution in [0.1, 0.15) is 15.9 Å². The molecule has 6 heteroatoms. The number of carbonyl (C=O) groups is 1. The molecule has 1 aromatic rings. The van der Waals surface area contributed by atoms with Crippen molar-refractivity contribution in [2.45, 2.75) is 6.92 Å².